The van der Waals surface area contributed by atoms with Gasteiger partial charge in [0.25, 0.3) is 5.56 Å². The van der Waals surface area contributed by atoms with Crippen molar-refractivity contribution >= 4 is 32.4 Å². The molecule has 0 atom stereocenters. The van der Waals surface area contributed by atoms with Crippen LogP contribution in [-0.2, 0) is 23.6 Å². The van der Waals surface area contributed by atoms with Crippen LogP contribution in [-0.4, -0.2) is 45.0 Å². The molecule has 33 heavy (non-hydrogen) atoms. The van der Waals surface area contributed by atoms with E-state index in [0.29, 0.717) is 36.6 Å². The summed E-state index contributed by atoms with van der Waals surface area (Å²) in [7, 11) is -1.85. The fourth-order valence-corrected chi connectivity index (χ4v) is 5.93. The highest BCUT2D eigenvalue weighted by atomic mass is 32.2. The highest BCUT2D eigenvalue weighted by molar-refractivity contribution is 7.89. The zero-order valence-electron chi connectivity index (χ0n) is 18.7. The van der Waals surface area contributed by atoms with Crippen LogP contribution >= 0.6 is 0 Å². The SMILES string of the molecule is Cc1ccc(S(=O)(=O)N2CCCCC2)cc1NCc1nnc2n(C)c(=O)c3ccccc3n12. The van der Waals surface area contributed by atoms with Gasteiger partial charge in [-0.05, 0) is 49.6 Å². The van der Waals surface area contributed by atoms with Crippen LogP contribution in [0.1, 0.15) is 30.7 Å². The molecule has 1 saturated heterocycles. The molecule has 10 heteroatoms. The minimum atomic E-state index is -3.53. The summed E-state index contributed by atoms with van der Waals surface area (Å²) in [6.07, 6.45) is 2.86. The van der Waals surface area contributed by atoms with E-state index in [4.69, 9.17) is 0 Å². The number of sulfonamides is 1. The first-order chi connectivity index (χ1) is 15.9. The molecule has 0 radical (unpaired) electrons. The van der Waals surface area contributed by atoms with Crippen molar-refractivity contribution in [1.29, 1.82) is 0 Å². The molecule has 1 aliphatic heterocycles. The van der Waals surface area contributed by atoms with Crippen LogP contribution in [0.5, 0.6) is 0 Å². The second-order valence-corrected chi connectivity index (χ2v) is 10.4. The Morgan fingerprint density at radius 1 is 1.03 bits per heavy atom. The van der Waals surface area contributed by atoms with Crippen LogP contribution in [0.2, 0.25) is 0 Å². The Morgan fingerprint density at radius 2 is 1.79 bits per heavy atom. The zero-order chi connectivity index (χ0) is 23.2. The third kappa shape index (κ3) is 3.68. The summed E-state index contributed by atoms with van der Waals surface area (Å²) in [5.74, 6) is 1.08. The first kappa shape index (κ1) is 21.6. The number of benzene rings is 2. The van der Waals surface area contributed by atoms with Crippen molar-refractivity contribution in [3.05, 3.63) is 64.2 Å². The maximum Gasteiger partial charge on any atom is 0.262 e. The largest absolute Gasteiger partial charge is 0.377 e. The lowest BCUT2D eigenvalue weighted by Gasteiger charge is -2.26. The Morgan fingerprint density at radius 3 is 2.58 bits per heavy atom. The average molecular weight is 467 g/mol. The number of para-hydroxylation sites is 1. The standard InChI is InChI=1S/C23H26N6O3S/c1-16-10-11-17(33(31,32)28-12-6-3-7-13-28)14-19(16)24-15-21-25-26-23-27(2)22(30)18-8-4-5-9-20(18)29(21)23/h4-5,8-11,14,24H,3,6-7,12-13,15H2,1-2H3. The smallest absolute Gasteiger partial charge is 0.262 e. The number of nitrogens with one attached hydrogen (secondary N) is 1. The van der Waals surface area contributed by atoms with Gasteiger partial charge in [0, 0.05) is 25.8 Å². The average Bonchev–Trinajstić information content (AvgIpc) is 3.27. The molecular formula is C23H26N6O3S. The van der Waals surface area contributed by atoms with Crippen molar-refractivity contribution in [3.8, 4) is 0 Å². The minimum Gasteiger partial charge on any atom is -0.377 e. The molecule has 2 aromatic heterocycles. The van der Waals surface area contributed by atoms with Gasteiger partial charge in [0.05, 0.1) is 22.3 Å². The number of nitrogens with zero attached hydrogens (tertiary/aromatic N) is 5. The van der Waals surface area contributed by atoms with Crippen molar-refractivity contribution in [2.45, 2.75) is 37.6 Å². The van der Waals surface area contributed by atoms with Gasteiger partial charge in [0.15, 0.2) is 5.82 Å². The van der Waals surface area contributed by atoms with Crippen molar-refractivity contribution in [2.24, 2.45) is 7.05 Å². The van der Waals surface area contributed by atoms with E-state index in [2.05, 4.69) is 15.5 Å². The number of aryl methyl sites for hydroxylation is 2. The third-order valence-electron chi connectivity index (χ3n) is 6.29. The molecule has 1 N–H and O–H groups in total. The van der Waals surface area contributed by atoms with Crippen LogP contribution in [0.15, 0.2) is 52.2 Å². The Kier molecular flexibility index (Phi) is 5.41. The second-order valence-electron chi connectivity index (χ2n) is 8.43. The first-order valence-electron chi connectivity index (χ1n) is 11.0. The van der Waals surface area contributed by atoms with E-state index in [1.54, 1.807) is 29.6 Å². The van der Waals surface area contributed by atoms with Gasteiger partial charge in [0.2, 0.25) is 15.8 Å². The van der Waals surface area contributed by atoms with Crippen LogP contribution in [0.4, 0.5) is 5.69 Å². The third-order valence-corrected chi connectivity index (χ3v) is 8.19. The lowest BCUT2D eigenvalue weighted by Crippen LogP contribution is -2.35. The Labute approximate surface area is 191 Å². The van der Waals surface area contributed by atoms with E-state index in [0.717, 1.165) is 36.0 Å². The fraction of sp³-hybridized carbons (Fsp3) is 0.348. The molecule has 172 valence electrons. The zero-order valence-corrected chi connectivity index (χ0v) is 19.5. The van der Waals surface area contributed by atoms with Gasteiger partial charge in [-0.25, -0.2) is 8.42 Å². The fourth-order valence-electron chi connectivity index (χ4n) is 4.39. The van der Waals surface area contributed by atoms with Gasteiger partial charge >= 0.3 is 0 Å². The number of hydrogen-bond donors (Lipinski definition) is 1. The van der Waals surface area contributed by atoms with Crippen LogP contribution in [0, 0.1) is 6.92 Å². The Hall–Kier alpha value is -3.24. The summed E-state index contributed by atoms with van der Waals surface area (Å²) in [6, 6.07) is 12.5. The van der Waals surface area contributed by atoms with Crippen LogP contribution in [0.25, 0.3) is 16.7 Å². The topological polar surface area (TPSA) is 102 Å². The monoisotopic (exact) mass is 466 g/mol. The number of hydrogen-bond acceptors (Lipinski definition) is 6. The van der Waals surface area contributed by atoms with Gasteiger partial charge in [-0.1, -0.05) is 24.6 Å². The summed E-state index contributed by atoms with van der Waals surface area (Å²) in [5.41, 5.74) is 2.25. The summed E-state index contributed by atoms with van der Waals surface area (Å²) in [5, 5.41) is 12.4. The summed E-state index contributed by atoms with van der Waals surface area (Å²) in [6.45, 7) is 3.38. The van der Waals surface area contributed by atoms with E-state index in [1.165, 1.54) is 4.57 Å². The first-order valence-corrected chi connectivity index (χ1v) is 12.5. The predicted molar refractivity (Wildman–Crippen MR) is 127 cm³/mol. The van der Waals surface area contributed by atoms with E-state index in [9.17, 15) is 13.2 Å². The molecule has 4 aromatic rings. The molecule has 5 rings (SSSR count). The predicted octanol–water partition coefficient (Wildman–Crippen LogP) is 2.68. The summed E-state index contributed by atoms with van der Waals surface area (Å²) < 4.78 is 31.1. The van der Waals surface area contributed by atoms with Crippen LogP contribution < -0.4 is 10.9 Å². The van der Waals surface area contributed by atoms with Crippen molar-refractivity contribution in [3.63, 3.8) is 0 Å². The Balaban J connectivity index is 1.49. The molecule has 2 aromatic carbocycles. The lowest BCUT2D eigenvalue weighted by molar-refractivity contribution is 0.346. The van der Waals surface area contributed by atoms with E-state index < -0.39 is 10.0 Å². The Bertz CT molecular complexity index is 1520. The summed E-state index contributed by atoms with van der Waals surface area (Å²) >= 11 is 0. The number of aromatic nitrogens is 4. The number of fused-ring (bicyclic) bond motifs is 3. The number of piperidine rings is 1. The maximum absolute atomic E-state index is 13.1. The number of rotatable bonds is 5. The van der Waals surface area contributed by atoms with E-state index in [-0.39, 0.29) is 10.5 Å². The molecular weight excluding hydrogens is 440 g/mol. The van der Waals surface area contributed by atoms with Gasteiger partial charge in [-0.2, -0.15) is 4.31 Å². The molecule has 0 saturated carbocycles. The molecule has 1 aliphatic rings. The van der Waals surface area contributed by atoms with E-state index in [1.807, 2.05) is 35.6 Å². The van der Waals surface area contributed by atoms with Gasteiger partial charge in [0.1, 0.15) is 0 Å². The van der Waals surface area contributed by atoms with Crippen LogP contribution in [0.3, 0.4) is 0 Å². The van der Waals surface area contributed by atoms with Crippen molar-refractivity contribution < 1.29 is 8.42 Å². The molecule has 0 aliphatic carbocycles. The van der Waals surface area contributed by atoms with Gasteiger partial charge < -0.3 is 5.32 Å². The molecule has 3 heterocycles. The molecule has 0 unspecified atom stereocenters. The number of anilines is 1. The highest BCUT2D eigenvalue weighted by Gasteiger charge is 2.26. The molecule has 0 spiro atoms. The maximum atomic E-state index is 13.1. The minimum absolute atomic E-state index is 0.128. The second kappa shape index (κ2) is 8.27. The van der Waals surface area contributed by atoms with Gasteiger partial charge in [-0.3, -0.25) is 13.8 Å². The van der Waals surface area contributed by atoms with E-state index >= 15 is 0 Å². The lowest BCUT2D eigenvalue weighted by atomic mass is 10.2. The van der Waals surface area contributed by atoms with Gasteiger partial charge in [-0.15, -0.1) is 10.2 Å². The van der Waals surface area contributed by atoms with Crippen molar-refractivity contribution in [1.82, 2.24) is 23.5 Å². The normalized spacial score (nSPS) is 15.3. The summed E-state index contributed by atoms with van der Waals surface area (Å²) in [4.78, 5) is 12.9. The quantitative estimate of drug-likeness (QED) is 0.485. The van der Waals surface area contributed by atoms with Crippen molar-refractivity contribution in [2.75, 3.05) is 18.4 Å². The molecule has 0 bridgehead atoms. The highest BCUT2D eigenvalue weighted by Crippen LogP contribution is 2.25. The molecule has 0 amide bonds. The molecule has 1 fully saturated rings. The molecule has 9 nitrogen and oxygen atoms in total.